The fraction of sp³-hybridized carbons (Fsp3) is 0.917. The molecule has 0 saturated carbocycles. The molecule has 19 heavy (non-hydrogen) atoms. The first kappa shape index (κ1) is 14.7. The minimum absolute atomic E-state index is 0.183. The summed E-state index contributed by atoms with van der Waals surface area (Å²) in [5, 5.41) is 3.27. The van der Waals surface area contributed by atoms with Gasteiger partial charge in [0.1, 0.15) is 0 Å². The average molecular weight is 289 g/mol. The Hall–Kier alpha value is -0.660. The van der Waals surface area contributed by atoms with Crippen LogP contribution in [0.3, 0.4) is 0 Å². The highest BCUT2D eigenvalue weighted by Gasteiger charge is 2.39. The second-order valence-corrected chi connectivity index (χ2v) is 7.75. The SMILES string of the molecule is CC1(C(=O)N2CCN(S(C)(=O)=O)CC2)CCNCC1. The molecule has 0 atom stereocenters. The Morgan fingerprint density at radius 1 is 1.11 bits per heavy atom. The van der Waals surface area contributed by atoms with E-state index in [0.717, 1.165) is 25.9 Å². The van der Waals surface area contributed by atoms with E-state index in [1.165, 1.54) is 10.6 Å². The van der Waals surface area contributed by atoms with E-state index < -0.39 is 10.0 Å². The first-order valence-electron chi connectivity index (χ1n) is 6.78. The molecule has 110 valence electrons. The lowest BCUT2D eigenvalue weighted by Crippen LogP contribution is -2.55. The number of carbonyl (C=O) groups is 1. The standard InChI is InChI=1S/C12H23N3O3S/c1-12(3-5-13-6-4-12)11(16)14-7-9-15(10-8-14)19(2,17)18/h13H,3-10H2,1-2H3. The van der Waals surface area contributed by atoms with Gasteiger partial charge in [-0.15, -0.1) is 0 Å². The summed E-state index contributed by atoms with van der Waals surface area (Å²) in [4.78, 5) is 14.4. The number of nitrogens with one attached hydrogen (secondary N) is 1. The molecule has 2 fully saturated rings. The molecular formula is C12H23N3O3S. The summed E-state index contributed by atoms with van der Waals surface area (Å²) < 4.78 is 24.3. The van der Waals surface area contributed by atoms with Gasteiger partial charge in [0.25, 0.3) is 0 Å². The number of amides is 1. The van der Waals surface area contributed by atoms with Gasteiger partial charge >= 0.3 is 0 Å². The second kappa shape index (κ2) is 5.38. The maximum absolute atomic E-state index is 12.6. The number of hydrogen-bond donors (Lipinski definition) is 1. The maximum atomic E-state index is 12.6. The topological polar surface area (TPSA) is 69.7 Å². The molecule has 0 spiro atoms. The summed E-state index contributed by atoms with van der Waals surface area (Å²) in [5.41, 5.74) is -0.279. The zero-order valence-corrected chi connectivity index (χ0v) is 12.5. The van der Waals surface area contributed by atoms with Gasteiger partial charge in [0, 0.05) is 31.6 Å². The molecule has 0 bridgehead atoms. The van der Waals surface area contributed by atoms with Gasteiger partial charge in [0.2, 0.25) is 15.9 Å². The van der Waals surface area contributed by atoms with Gasteiger partial charge in [-0.25, -0.2) is 8.42 Å². The number of rotatable bonds is 2. The molecule has 0 aromatic rings. The van der Waals surface area contributed by atoms with E-state index in [9.17, 15) is 13.2 Å². The molecular weight excluding hydrogens is 266 g/mol. The Labute approximate surface area is 115 Å². The van der Waals surface area contributed by atoms with Gasteiger partial charge in [-0.3, -0.25) is 4.79 Å². The number of nitrogens with zero attached hydrogens (tertiary/aromatic N) is 2. The quantitative estimate of drug-likeness (QED) is 0.743. The lowest BCUT2D eigenvalue weighted by molar-refractivity contribution is -0.144. The third-order valence-corrected chi connectivity index (χ3v) is 5.52. The number of sulfonamides is 1. The Morgan fingerprint density at radius 2 is 1.63 bits per heavy atom. The fourth-order valence-corrected chi connectivity index (χ4v) is 3.62. The Bertz CT molecular complexity index is 435. The van der Waals surface area contributed by atoms with Crippen molar-refractivity contribution in [3.05, 3.63) is 0 Å². The van der Waals surface area contributed by atoms with E-state index in [-0.39, 0.29) is 11.3 Å². The predicted molar refractivity (Wildman–Crippen MR) is 73.2 cm³/mol. The fourth-order valence-electron chi connectivity index (χ4n) is 2.80. The van der Waals surface area contributed by atoms with Crippen LogP contribution in [0.15, 0.2) is 0 Å². The third kappa shape index (κ3) is 3.27. The smallest absolute Gasteiger partial charge is 0.228 e. The molecule has 2 rings (SSSR count). The summed E-state index contributed by atoms with van der Waals surface area (Å²) in [5.74, 6) is 0.183. The summed E-state index contributed by atoms with van der Waals surface area (Å²) in [6, 6.07) is 0. The van der Waals surface area contributed by atoms with Crippen LogP contribution in [0.2, 0.25) is 0 Å². The Morgan fingerprint density at radius 3 is 2.11 bits per heavy atom. The number of carbonyl (C=O) groups excluding carboxylic acids is 1. The minimum atomic E-state index is -3.13. The van der Waals surface area contributed by atoms with Crippen molar-refractivity contribution in [1.82, 2.24) is 14.5 Å². The zero-order valence-electron chi connectivity index (χ0n) is 11.7. The molecule has 0 aromatic heterocycles. The van der Waals surface area contributed by atoms with E-state index >= 15 is 0 Å². The highest BCUT2D eigenvalue weighted by atomic mass is 32.2. The first-order valence-corrected chi connectivity index (χ1v) is 8.63. The molecule has 0 aromatic carbocycles. The highest BCUT2D eigenvalue weighted by Crippen LogP contribution is 2.30. The van der Waals surface area contributed by atoms with Crippen molar-refractivity contribution in [3.63, 3.8) is 0 Å². The van der Waals surface area contributed by atoms with Gasteiger partial charge in [-0.05, 0) is 25.9 Å². The number of hydrogen-bond acceptors (Lipinski definition) is 4. The lowest BCUT2D eigenvalue weighted by Gasteiger charge is -2.40. The Balaban J connectivity index is 1.96. The van der Waals surface area contributed by atoms with Crippen LogP contribution in [-0.2, 0) is 14.8 Å². The van der Waals surface area contributed by atoms with Crippen molar-refractivity contribution >= 4 is 15.9 Å². The van der Waals surface area contributed by atoms with Gasteiger partial charge < -0.3 is 10.2 Å². The van der Waals surface area contributed by atoms with E-state index in [4.69, 9.17) is 0 Å². The molecule has 2 saturated heterocycles. The van der Waals surface area contributed by atoms with Crippen LogP contribution < -0.4 is 5.32 Å². The van der Waals surface area contributed by atoms with Gasteiger partial charge in [-0.1, -0.05) is 6.92 Å². The molecule has 1 N–H and O–H groups in total. The van der Waals surface area contributed by atoms with Gasteiger partial charge in [-0.2, -0.15) is 4.31 Å². The van der Waals surface area contributed by atoms with Gasteiger partial charge in [0.05, 0.1) is 6.26 Å². The molecule has 1 amide bonds. The van der Waals surface area contributed by atoms with Crippen LogP contribution in [0.4, 0.5) is 0 Å². The molecule has 0 unspecified atom stereocenters. The van der Waals surface area contributed by atoms with Crippen molar-refractivity contribution in [2.24, 2.45) is 5.41 Å². The zero-order chi connectivity index (χ0) is 14.1. The van der Waals surface area contributed by atoms with Crippen LogP contribution in [-0.4, -0.2) is 69.1 Å². The summed E-state index contributed by atoms with van der Waals surface area (Å²) >= 11 is 0. The van der Waals surface area contributed by atoms with E-state index in [1.54, 1.807) is 0 Å². The third-order valence-electron chi connectivity index (χ3n) is 4.22. The maximum Gasteiger partial charge on any atom is 0.228 e. The highest BCUT2D eigenvalue weighted by molar-refractivity contribution is 7.88. The van der Waals surface area contributed by atoms with Crippen LogP contribution in [0, 0.1) is 5.41 Å². The first-order chi connectivity index (χ1) is 8.83. The second-order valence-electron chi connectivity index (χ2n) is 5.76. The van der Waals surface area contributed by atoms with Crippen LogP contribution in [0.5, 0.6) is 0 Å². The minimum Gasteiger partial charge on any atom is -0.340 e. The molecule has 2 aliphatic rings. The average Bonchev–Trinajstić information content (AvgIpc) is 2.38. The molecule has 2 heterocycles. The van der Waals surface area contributed by atoms with Crippen molar-refractivity contribution in [1.29, 1.82) is 0 Å². The predicted octanol–water partition coefficient (Wildman–Crippen LogP) is -0.520. The van der Waals surface area contributed by atoms with E-state index in [0.29, 0.717) is 26.2 Å². The van der Waals surface area contributed by atoms with E-state index in [2.05, 4.69) is 5.32 Å². The van der Waals surface area contributed by atoms with Crippen LogP contribution in [0.1, 0.15) is 19.8 Å². The molecule has 2 aliphatic heterocycles. The normalized spacial score (nSPS) is 25.3. The summed E-state index contributed by atoms with van der Waals surface area (Å²) in [6.07, 6.45) is 2.94. The summed E-state index contributed by atoms with van der Waals surface area (Å²) in [7, 11) is -3.13. The monoisotopic (exact) mass is 289 g/mol. The molecule has 0 aliphatic carbocycles. The van der Waals surface area contributed by atoms with Crippen LogP contribution >= 0.6 is 0 Å². The lowest BCUT2D eigenvalue weighted by atomic mass is 9.79. The molecule has 0 radical (unpaired) electrons. The largest absolute Gasteiger partial charge is 0.340 e. The van der Waals surface area contributed by atoms with Crippen molar-refractivity contribution < 1.29 is 13.2 Å². The molecule has 7 heteroatoms. The van der Waals surface area contributed by atoms with Crippen molar-refractivity contribution in [2.75, 3.05) is 45.5 Å². The van der Waals surface area contributed by atoms with Gasteiger partial charge in [0.15, 0.2) is 0 Å². The number of piperidine rings is 1. The Kier molecular flexibility index (Phi) is 4.17. The summed E-state index contributed by atoms with van der Waals surface area (Å²) in [6.45, 7) is 5.64. The molecule has 6 nitrogen and oxygen atoms in total. The van der Waals surface area contributed by atoms with Crippen molar-refractivity contribution in [3.8, 4) is 0 Å². The van der Waals surface area contributed by atoms with Crippen LogP contribution in [0.25, 0.3) is 0 Å². The van der Waals surface area contributed by atoms with E-state index in [1.807, 2.05) is 11.8 Å². The van der Waals surface area contributed by atoms with Crippen molar-refractivity contribution in [2.45, 2.75) is 19.8 Å². The number of piperazine rings is 1.